The van der Waals surface area contributed by atoms with E-state index < -0.39 is 28.5 Å². The lowest BCUT2D eigenvalue weighted by molar-refractivity contribution is -0.198. The van der Waals surface area contributed by atoms with E-state index in [-0.39, 0.29) is 23.7 Å². The number of fused-ring (bicyclic) bond motifs is 1. The van der Waals surface area contributed by atoms with E-state index in [0.29, 0.717) is 44.5 Å². The quantitative estimate of drug-likeness (QED) is 0.531. The van der Waals surface area contributed by atoms with Crippen molar-refractivity contribution in [2.24, 2.45) is 19.8 Å². The fraction of sp³-hybridized carbons (Fsp3) is 0.520. The molecule has 0 radical (unpaired) electrons. The topological polar surface area (TPSA) is 138 Å². The van der Waals surface area contributed by atoms with Gasteiger partial charge in [-0.25, -0.2) is 9.78 Å². The molecule has 1 amide bonds. The highest BCUT2D eigenvalue weighted by Gasteiger charge is 2.50. The van der Waals surface area contributed by atoms with Crippen molar-refractivity contribution in [3.63, 3.8) is 0 Å². The maximum Gasteiger partial charge on any atom is 0.332 e. The zero-order chi connectivity index (χ0) is 25.8. The Bertz CT molecular complexity index is 1430. The maximum atomic E-state index is 13.0. The maximum absolute atomic E-state index is 13.0. The van der Waals surface area contributed by atoms with Gasteiger partial charge in [-0.3, -0.25) is 18.7 Å². The molecule has 2 aromatic heterocycles. The number of aromatic nitrogens is 4. The summed E-state index contributed by atoms with van der Waals surface area (Å²) >= 11 is 0. The molecule has 11 nitrogen and oxygen atoms in total. The Kier molecular flexibility index (Phi) is 5.89. The molecule has 1 spiro atoms. The Morgan fingerprint density at radius 3 is 2.47 bits per heavy atom. The number of hydrogen-bond acceptors (Lipinski definition) is 7. The van der Waals surface area contributed by atoms with Crippen LogP contribution in [0.1, 0.15) is 48.1 Å². The summed E-state index contributed by atoms with van der Waals surface area (Å²) in [5, 5.41) is 11.3. The highest BCUT2D eigenvalue weighted by atomic mass is 16.5. The van der Waals surface area contributed by atoms with Gasteiger partial charge >= 0.3 is 5.69 Å². The second-order valence-electron chi connectivity index (χ2n) is 10.3. The zero-order valence-electron chi connectivity index (χ0n) is 20.8. The predicted octanol–water partition coefficient (Wildman–Crippen LogP) is 0.280. The van der Waals surface area contributed by atoms with Crippen molar-refractivity contribution in [1.29, 1.82) is 0 Å². The third-order valence-corrected chi connectivity index (χ3v) is 7.86. The summed E-state index contributed by atoms with van der Waals surface area (Å²) in [5.41, 5.74) is 5.09. The van der Waals surface area contributed by atoms with E-state index in [4.69, 9.17) is 10.5 Å². The number of hydrogen-bond donors (Lipinski definition) is 2. The number of likely N-dealkylation sites (tertiary alicyclic amines) is 1. The van der Waals surface area contributed by atoms with Gasteiger partial charge in [0.25, 0.3) is 11.5 Å². The van der Waals surface area contributed by atoms with Crippen molar-refractivity contribution in [3.05, 3.63) is 62.6 Å². The lowest BCUT2D eigenvalue weighted by Gasteiger charge is -2.51. The molecule has 2 aliphatic heterocycles. The third kappa shape index (κ3) is 3.87. The van der Waals surface area contributed by atoms with Gasteiger partial charge in [0.2, 0.25) is 0 Å². The molecule has 0 aliphatic carbocycles. The molecule has 0 bridgehead atoms. The van der Waals surface area contributed by atoms with Crippen molar-refractivity contribution >= 4 is 17.1 Å². The van der Waals surface area contributed by atoms with Gasteiger partial charge in [0.1, 0.15) is 5.60 Å². The predicted molar refractivity (Wildman–Crippen MR) is 133 cm³/mol. The average molecular weight is 497 g/mol. The minimum absolute atomic E-state index is 0.0298. The van der Waals surface area contributed by atoms with Crippen molar-refractivity contribution < 1.29 is 14.6 Å². The molecule has 3 aromatic rings. The summed E-state index contributed by atoms with van der Waals surface area (Å²) in [4.78, 5) is 44.6. The van der Waals surface area contributed by atoms with Crippen LogP contribution >= 0.6 is 0 Å². The summed E-state index contributed by atoms with van der Waals surface area (Å²) in [6.07, 6.45) is 3.18. The molecule has 36 heavy (non-hydrogen) atoms. The molecule has 192 valence electrons. The number of nitrogens with two attached hydrogens (primary N) is 1. The van der Waals surface area contributed by atoms with Crippen LogP contribution < -0.4 is 17.0 Å². The van der Waals surface area contributed by atoms with Crippen LogP contribution in [0, 0.1) is 0 Å². The Labute approximate surface area is 207 Å². The lowest BCUT2D eigenvalue weighted by atomic mass is 9.77. The van der Waals surface area contributed by atoms with Gasteiger partial charge in [-0.05, 0) is 37.5 Å². The molecule has 2 saturated heterocycles. The number of piperidine rings is 1. The molecule has 0 unspecified atom stereocenters. The van der Waals surface area contributed by atoms with Gasteiger partial charge in [-0.2, -0.15) is 0 Å². The molecule has 2 atom stereocenters. The normalized spacial score (nSPS) is 23.9. The molecular formula is C25H32N6O5. The molecular weight excluding hydrogens is 464 g/mol. The Balaban J connectivity index is 1.40. The van der Waals surface area contributed by atoms with Crippen molar-refractivity contribution in [1.82, 2.24) is 23.6 Å². The monoisotopic (exact) mass is 496 g/mol. The van der Waals surface area contributed by atoms with Gasteiger partial charge in [0, 0.05) is 45.7 Å². The molecule has 2 fully saturated rings. The smallest absolute Gasteiger partial charge is 0.332 e. The van der Waals surface area contributed by atoms with Crippen LogP contribution in [-0.4, -0.2) is 65.5 Å². The van der Waals surface area contributed by atoms with Gasteiger partial charge in [0.05, 0.1) is 24.6 Å². The van der Waals surface area contributed by atoms with Gasteiger partial charge in [-0.1, -0.05) is 12.1 Å². The molecule has 4 heterocycles. The van der Waals surface area contributed by atoms with Crippen LogP contribution in [0.2, 0.25) is 0 Å². The first kappa shape index (κ1) is 24.4. The number of benzene rings is 1. The van der Waals surface area contributed by atoms with Gasteiger partial charge in [0.15, 0.2) is 11.2 Å². The van der Waals surface area contributed by atoms with Gasteiger partial charge in [-0.15, -0.1) is 0 Å². The van der Waals surface area contributed by atoms with Crippen LogP contribution in [0.3, 0.4) is 0 Å². The van der Waals surface area contributed by atoms with E-state index in [0.717, 1.165) is 10.1 Å². The highest BCUT2D eigenvalue weighted by molar-refractivity contribution is 5.94. The largest absolute Gasteiger partial charge is 0.386 e. The van der Waals surface area contributed by atoms with E-state index in [2.05, 4.69) is 4.98 Å². The number of amides is 1. The molecule has 0 saturated carbocycles. The number of carbonyl (C=O) groups is 1. The van der Waals surface area contributed by atoms with E-state index >= 15 is 0 Å². The number of aliphatic hydroxyl groups is 1. The fourth-order valence-electron chi connectivity index (χ4n) is 5.46. The first-order valence-electron chi connectivity index (χ1n) is 12.1. The number of carbonyl (C=O) groups excluding carboxylic acids is 1. The first-order valence-corrected chi connectivity index (χ1v) is 12.1. The lowest BCUT2D eigenvalue weighted by Crippen LogP contribution is -2.57. The Morgan fingerprint density at radius 1 is 1.17 bits per heavy atom. The van der Waals surface area contributed by atoms with Crippen molar-refractivity contribution in [3.8, 4) is 0 Å². The second kappa shape index (κ2) is 8.68. The van der Waals surface area contributed by atoms with E-state index in [1.54, 1.807) is 30.7 Å². The van der Waals surface area contributed by atoms with E-state index in [1.165, 1.54) is 17.9 Å². The highest BCUT2D eigenvalue weighted by Crippen LogP contribution is 2.44. The average Bonchev–Trinajstić information content (AvgIpc) is 3.33. The van der Waals surface area contributed by atoms with Crippen LogP contribution in [0.25, 0.3) is 11.2 Å². The third-order valence-electron chi connectivity index (χ3n) is 7.86. The summed E-state index contributed by atoms with van der Waals surface area (Å²) in [6, 6.07) is 6.84. The van der Waals surface area contributed by atoms with Gasteiger partial charge < -0.3 is 25.0 Å². The number of nitrogens with zero attached hydrogens (tertiary/aromatic N) is 5. The van der Waals surface area contributed by atoms with Crippen LogP contribution in [0.4, 0.5) is 0 Å². The molecule has 11 heteroatoms. The minimum atomic E-state index is -1.25. The standard InChI is InChI=1S/C25H32N6O5/c1-24(35)14-36-25(8-10-30(11-9-25)21(32)17-6-4-16(13-26)5-7-17)12-18(24)31-15-27-20-19(31)22(33)29(3)23(34)28(20)2/h4-7,15,18,35H,8-14,26H2,1-3H3/t18-,24-/m0/s1. The molecule has 2 aliphatic rings. The summed E-state index contributed by atoms with van der Waals surface area (Å²) < 4.78 is 10.3. The zero-order valence-corrected chi connectivity index (χ0v) is 20.8. The summed E-state index contributed by atoms with van der Waals surface area (Å²) in [5.74, 6) is -0.0298. The van der Waals surface area contributed by atoms with Crippen LogP contribution in [0.5, 0.6) is 0 Å². The van der Waals surface area contributed by atoms with Crippen LogP contribution in [0.15, 0.2) is 40.2 Å². The first-order chi connectivity index (χ1) is 17.1. The summed E-state index contributed by atoms with van der Waals surface area (Å²) in [6.45, 7) is 3.24. The fourth-order valence-corrected chi connectivity index (χ4v) is 5.46. The van der Waals surface area contributed by atoms with Crippen LogP contribution in [-0.2, 0) is 25.4 Å². The second-order valence-corrected chi connectivity index (χ2v) is 10.3. The molecule has 5 rings (SSSR count). The number of imidazole rings is 1. The SMILES string of the molecule is Cn1c(=O)c2c(ncn2[C@H]2CC3(CCN(C(=O)c4ccc(CN)cc4)CC3)OC[C@]2(C)O)n(C)c1=O. The number of aryl methyl sites for hydroxylation is 1. The van der Waals surface area contributed by atoms with E-state index in [9.17, 15) is 19.5 Å². The molecule has 3 N–H and O–H groups in total. The van der Waals surface area contributed by atoms with Crippen molar-refractivity contribution in [2.45, 2.75) is 50.0 Å². The number of rotatable bonds is 3. The number of ether oxygens (including phenoxy) is 1. The van der Waals surface area contributed by atoms with E-state index in [1.807, 2.05) is 17.0 Å². The molecule has 1 aromatic carbocycles. The minimum Gasteiger partial charge on any atom is -0.386 e. The Hall–Kier alpha value is -3.28. The summed E-state index contributed by atoms with van der Waals surface area (Å²) in [7, 11) is 3.00. The van der Waals surface area contributed by atoms with Crippen molar-refractivity contribution in [2.75, 3.05) is 19.7 Å². The Morgan fingerprint density at radius 2 is 1.83 bits per heavy atom.